The van der Waals surface area contributed by atoms with E-state index in [0.29, 0.717) is 0 Å². The first-order valence-corrected chi connectivity index (χ1v) is 7.85. The van der Waals surface area contributed by atoms with Crippen molar-refractivity contribution in [2.45, 2.75) is 26.3 Å². The molecule has 1 aliphatic rings. The first kappa shape index (κ1) is 14.2. The predicted molar refractivity (Wildman–Crippen MR) is 90.9 cm³/mol. The van der Waals surface area contributed by atoms with Gasteiger partial charge in [-0.05, 0) is 56.2 Å². The summed E-state index contributed by atoms with van der Waals surface area (Å²) in [6, 6.07) is 12.6. The second-order valence-corrected chi connectivity index (χ2v) is 6.55. The number of hydrogen-bond donors (Lipinski definition) is 1. The molecule has 0 fully saturated rings. The summed E-state index contributed by atoms with van der Waals surface area (Å²) in [5.41, 5.74) is 11.8. The molecule has 0 radical (unpaired) electrons. The lowest BCUT2D eigenvalue weighted by molar-refractivity contribution is 0.925. The van der Waals surface area contributed by atoms with Gasteiger partial charge in [0, 0.05) is 28.2 Å². The third-order valence-corrected chi connectivity index (χ3v) is 4.51. The largest absolute Gasteiger partial charge is 0.322 e. The highest BCUT2D eigenvalue weighted by molar-refractivity contribution is 8.09. The highest BCUT2D eigenvalue weighted by Crippen LogP contribution is 2.40. The molecule has 1 aromatic heterocycles. The van der Waals surface area contributed by atoms with Crippen LogP contribution in [0.15, 0.2) is 42.6 Å². The molecule has 1 atom stereocenters. The summed E-state index contributed by atoms with van der Waals surface area (Å²) in [4.78, 5) is 7.75. The highest BCUT2D eigenvalue weighted by atomic mass is 32.2. The molecule has 3 nitrogen and oxygen atoms in total. The van der Waals surface area contributed by atoms with E-state index in [4.69, 9.17) is 5.73 Å². The van der Waals surface area contributed by atoms with E-state index in [0.717, 1.165) is 17.1 Å². The van der Waals surface area contributed by atoms with Gasteiger partial charge in [-0.3, -0.25) is 4.98 Å². The molecule has 108 valence electrons. The summed E-state index contributed by atoms with van der Waals surface area (Å²) in [5, 5.41) is 0. The summed E-state index contributed by atoms with van der Waals surface area (Å²) in [5.74, 6) is 0. The summed E-state index contributed by atoms with van der Waals surface area (Å²) >= 11 is 1.68. The zero-order chi connectivity index (χ0) is 15.0. The smallest absolute Gasteiger partial charge is 0.134 e. The molecule has 3 rings (SSSR count). The van der Waals surface area contributed by atoms with E-state index in [1.54, 1.807) is 11.8 Å². The van der Waals surface area contributed by atoms with Crippen LogP contribution in [-0.2, 0) is 0 Å². The van der Waals surface area contributed by atoms with E-state index < -0.39 is 0 Å². The molecule has 0 saturated heterocycles. The van der Waals surface area contributed by atoms with E-state index in [1.165, 1.54) is 16.0 Å². The first-order valence-electron chi connectivity index (χ1n) is 6.98. The molecule has 0 amide bonds. The lowest BCUT2D eigenvalue weighted by Crippen LogP contribution is -2.32. The predicted octanol–water partition coefficient (Wildman–Crippen LogP) is 3.80. The number of thioether (sulfide) groups is 1. The van der Waals surface area contributed by atoms with Gasteiger partial charge in [-0.15, -0.1) is 0 Å². The number of hydrogen-bond acceptors (Lipinski definition) is 4. The lowest BCUT2D eigenvalue weighted by atomic mass is 10.2. The molecule has 1 aromatic carbocycles. The average molecular weight is 297 g/mol. The van der Waals surface area contributed by atoms with Gasteiger partial charge in [-0.25, -0.2) is 0 Å². The summed E-state index contributed by atoms with van der Waals surface area (Å²) < 4.78 is 0. The zero-order valence-electron chi connectivity index (χ0n) is 12.5. The van der Waals surface area contributed by atoms with Gasteiger partial charge in [-0.2, -0.15) is 0 Å². The van der Waals surface area contributed by atoms with E-state index >= 15 is 0 Å². The molecular weight excluding hydrogens is 278 g/mol. The average Bonchev–Trinajstić information content (AvgIpc) is 2.80. The lowest BCUT2D eigenvalue weighted by Gasteiger charge is -2.21. The monoisotopic (exact) mass is 297 g/mol. The van der Waals surface area contributed by atoms with Crippen molar-refractivity contribution < 1.29 is 0 Å². The number of pyridine rings is 1. The van der Waals surface area contributed by atoms with Crippen LogP contribution >= 0.6 is 11.8 Å². The van der Waals surface area contributed by atoms with Crippen LogP contribution in [-0.4, -0.2) is 10.5 Å². The van der Waals surface area contributed by atoms with Gasteiger partial charge < -0.3 is 10.6 Å². The number of benzene rings is 1. The normalized spacial score (nSPS) is 18.0. The highest BCUT2D eigenvalue weighted by Gasteiger charge is 2.24. The van der Waals surface area contributed by atoms with Crippen LogP contribution in [0.2, 0.25) is 0 Å². The number of rotatable bonds is 2. The Bertz CT molecular complexity index is 689. The summed E-state index contributed by atoms with van der Waals surface area (Å²) in [7, 11) is 0. The van der Waals surface area contributed by atoms with Gasteiger partial charge in [0.15, 0.2) is 0 Å². The Balaban J connectivity index is 1.97. The van der Waals surface area contributed by atoms with Gasteiger partial charge in [0.25, 0.3) is 0 Å². The molecule has 4 heteroatoms. The molecule has 0 bridgehead atoms. The van der Waals surface area contributed by atoms with Crippen LogP contribution in [0.4, 0.5) is 5.69 Å². The Morgan fingerprint density at radius 3 is 2.48 bits per heavy atom. The van der Waals surface area contributed by atoms with Crippen LogP contribution < -0.4 is 10.6 Å². The third kappa shape index (κ3) is 2.96. The number of aromatic nitrogens is 1. The van der Waals surface area contributed by atoms with Gasteiger partial charge in [-0.1, -0.05) is 23.9 Å². The topological polar surface area (TPSA) is 42.2 Å². The van der Waals surface area contributed by atoms with Crippen LogP contribution in [0.3, 0.4) is 0 Å². The number of nitrogens with zero attached hydrogens (tertiary/aromatic N) is 2. The van der Waals surface area contributed by atoms with Crippen molar-refractivity contribution in [3.63, 3.8) is 0 Å². The van der Waals surface area contributed by atoms with Crippen LogP contribution in [0.25, 0.3) is 4.91 Å². The minimum atomic E-state index is -0.0874. The molecule has 1 unspecified atom stereocenters. The number of nitrogens with two attached hydrogens (primary N) is 1. The maximum absolute atomic E-state index is 6.29. The van der Waals surface area contributed by atoms with E-state index in [1.807, 2.05) is 13.8 Å². The van der Waals surface area contributed by atoms with Crippen LogP contribution in [0.5, 0.6) is 0 Å². The number of aryl methyl sites for hydroxylation is 3. The molecule has 0 spiro atoms. The quantitative estimate of drug-likeness (QED) is 0.915. The van der Waals surface area contributed by atoms with Gasteiger partial charge >= 0.3 is 0 Å². The Kier molecular flexibility index (Phi) is 3.74. The van der Waals surface area contributed by atoms with Gasteiger partial charge in [0.05, 0.1) is 0 Å². The Morgan fingerprint density at radius 2 is 1.81 bits per heavy atom. The Labute approximate surface area is 129 Å². The van der Waals surface area contributed by atoms with Crippen molar-refractivity contribution in [3.8, 4) is 0 Å². The van der Waals surface area contributed by atoms with E-state index in [2.05, 4.69) is 59.4 Å². The molecular formula is C17H19N3S. The van der Waals surface area contributed by atoms with Crippen molar-refractivity contribution in [2.24, 2.45) is 5.73 Å². The Morgan fingerprint density at radius 1 is 1.10 bits per heavy atom. The molecule has 21 heavy (non-hydrogen) atoms. The summed E-state index contributed by atoms with van der Waals surface area (Å²) in [6.45, 7) is 6.14. The Hall–Kier alpha value is -1.78. The van der Waals surface area contributed by atoms with Crippen LogP contribution in [0.1, 0.15) is 22.5 Å². The minimum absolute atomic E-state index is 0.0874. The molecule has 1 aliphatic heterocycles. The van der Waals surface area contributed by atoms with E-state index in [-0.39, 0.29) is 5.50 Å². The number of anilines is 1. The molecule has 2 aromatic rings. The fourth-order valence-corrected chi connectivity index (χ4v) is 3.53. The molecule has 2 heterocycles. The fraction of sp³-hybridized carbons (Fsp3) is 0.235. The molecule has 0 aliphatic carbocycles. The molecule has 0 saturated carbocycles. The van der Waals surface area contributed by atoms with Crippen molar-refractivity contribution in [2.75, 3.05) is 4.90 Å². The van der Waals surface area contributed by atoms with Gasteiger partial charge in [0.1, 0.15) is 5.50 Å². The standard InChI is InChI=1S/C17H19N3S/c1-11-5-4-6-15(7-11)20-10-16(21-17(20)18)14-8-12(2)19-13(3)9-14/h4-10,17H,18H2,1-3H3. The van der Waals surface area contributed by atoms with E-state index in [9.17, 15) is 0 Å². The third-order valence-electron chi connectivity index (χ3n) is 3.44. The van der Waals surface area contributed by atoms with Crippen molar-refractivity contribution >= 4 is 22.4 Å². The minimum Gasteiger partial charge on any atom is -0.322 e. The van der Waals surface area contributed by atoms with Gasteiger partial charge in [0.2, 0.25) is 0 Å². The zero-order valence-corrected chi connectivity index (χ0v) is 13.3. The maximum Gasteiger partial charge on any atom is 0.134 e. The second kappa shape index (κ2) is 5.54. The van der Waals surface area contributed by atoms with Crippen molar-refractivity contribution in [1.29, 1.82) is 0 Å². The fourth-order valence-electron chi connectivity index (χ4n) is 2.55. The van der Waals surface area contributed by atoms with Crippen LogP contribution in [0, 0.1) is 20.8 Å². The SMILES string of the molecule is Cc1cccc(N2C=C(c3cc(C)nc(C)c3)SC2N)c1. The maximum atomic E-state index is 6.29. The second-order valence-electron chi connectivity index (χ2n) is 5.39. The van der Waals surface area contributed by atoms with Crippen molar-refractivity contribution in [1.82, 2.24) is 4.98 Å². The first-order chi connectivity index (χ1) is 10.0. The van der Waals surface area contributed by atoms with Crippen molar-refractivity contribution in [3.05, 3.63) is 65.1 Å². The molecule has 2 N–H and O–H groups in total. The summed E-state index contributed by atoms with van der Waals surface area (Å²) in [6.07, 6.45) is 2.14.